The number of rotatable bonds is 4. The summed E-state index contributed by atoms with van der Waals surface area (Å²) >= 11 is 0. The van der Waals surface area contributed by atoms with Crippen molar-refractivity contribution in [3.05, 3.63) is 47.9 Å². The second-order valence-corrected chi connectivity index (χ2v) is 5.43. The number of anilines is 2. The van der Waals surface area contributed by atoms with Gasteiger partial charge in [0.25, 0.3) is 0 Å². The lowest BCUT2D eigenvalue weighted by atomic mass is 10.1. The normalized spacial score (nSPS) is 15.3. The van der Waals surface area contributed by atoms with Crippen molar-refractivity contribution in [1.29, 1.82) is 0 Å². The minimum Gasteiger partial charge on any atom is -0.465 e. The predicted molar refractivity (Wildman–Crippen MR) is 83.3 cm³/mol. The van der Waals surface area contributed by atoms with Crippen molar-refractivity contribution in [3.63, 3.8) is 0 Å². The van der Waals surface area contributed by atoms with Crippen LogP contribution in [0.3, 0.4) is 0 Å². The summed E-state index contributed by atoms with van der Waals surface area (Å²) in [6, 6.07) is 12.6. The average Bonchev–Trinajstić information content (AvgIpc) is 2.92. The molecule has 3 rings (SSSR count). The Bertz CT molecular complexity index is 556. The molecule has 1 saturated heterocycles. The molecule has 0 spiro atoms. The Morgan fingerprint density at radius 2 is 1.85 bits per heavy atom. The molecule has 0 amide bonds. The van der Waals surface area contributed by atoms with Crippen LogP contribution >= 0.6 is 0 Å². The number of hydrogen-bond acceptors (Lipinski definition) is 3. The summed E-state index contributed by atoms with van der Waals surface area (Å²) in [6.07, 6.45) is 3.95. The van der Waals surface area contributed by atoms with E-state index in [1.54, 1.807) is 0 Å². The molecule has 3 heteroatoms. The van der Waals surface area contributed by atoms with Gasteiger partial charge in [-0.2, -0.15) is 0 Å². The van der Waals surface area contributed by atoms with E-state index in [0.717, 1.165) is 18.1 Å². The van der Waals surface area contributed by atoms with Gasteiger partial charge in [0, 0.05) is 13.1 Å². The summed E-state index contributed by atoms with van der Waals surface area (Å²) < 4.78 is 5.61. The Hall–Kier alpha value is -1.90. The molecule has 1 aliphatic heterocycles. The fourth-order valence-electron chi connectivity index (χ4n) is 2.80. The Labute approximate surface area is 120 Å². The quantitative estimate of drug-likeness (QED) is 0.903. The van der Waals surface area contributed by atoms with E-state index < -0.39 is 0 Å². The van der Waals surface area contributed by atoms with E-state index in [0.29, 0.717) is 0 Å². The van der Waals surface area contributed by atoms with E-state index in [-0.39, 0.29) is 0 Å². The first-order valence-electron chi connectivity index (χ1n) is 7.46. The van der Waals surface area contributed by atoms with E-state index >= 15 is 0 Å². The average molecular weight is 270 g/mol. The Morgan fingerprint density at radius 1 is 1.05 bits per heavy atom. The van der Waals surface area contributed by atoms with Crippen molar-refractivity contribution in [2.75, 3.05) is 23.3 Å². The maximum Gasteiger partial charge on any atom is 0.123 e. The van der Waals surface area contributed by atoms with Crippen LogP contribution in [0.5, 0.6) is 0 Å². The molecule has 0 saturated carbocycles. The molecule has 3 nitrogen and oxygen atoms in total. The smallest absolute Gasteiger partial charge is 0.123 e. The summed E-state index contributed by atoms with van der Waals surface area (Å²) in [4.78, 5) is 2.49. The number of hydrogen-bond donors (Lipinski definition) is 1. The lowest BCUT2D eigenvalue weighted by Crippen LogP contribution is -2.30. The third-order valence-corrected chi connectivity index (χ3v) is 3.85. The van der Waals surface area contributed by atoms with Gasteiger partial charge in [-0.15, -0.1) is 0 Å². The zero-order valence-corrected chi connectivity index (χ0v) is 12.1. The highest BCUT2D eigenvalue weighted by molar-refractivity contribution is 5.70. The van der Waals surface area contributed by atoms with Crippen LogP contribution in [0.4, 0.5) is 11.4 Å². The zero-order chi connectivity index (χ0) is 13.8. The van der Waals surface area contributed by atoms with Crippen LogP contribution in [0.2, 0.25) is 0 Å². The molecule has 0 unspecified atom stereocenters. The van der Waals surface area contributed by atoms with Gasteiger partial charge < -0.3 is 14.6 Å². The number of furan rings is 1. The van der Waals surface area contributed by atoms with Gasteiger partial charge in [0.1, 0.15) is 11.5 Å². The number of nitrogens with zero attached hydrogens (tertiary/aromatic N) is 1. The van der Waals surface area contributed by atoms with Gasteiger partial charge in [0.2, 0.25) is 0 Å². The molecule has 0 atom stereocenters. The van der Waals surface area contributed by atoms with Crippen LogP contribution in [-0.2, 0) is 6.54 Å². The van der Waals surface area contributed by atoms with E-state index in [2.05, 4.69) is 34.5 Å². The molecule has 0 aliphatic carbocycles. The fraction of sp³-hybridized carbons (Fsp3) is 0.412. The Balaban J connectivity index is 1.72. The SMILES string of the molecule is Cc1ccc(CNc2ccccc2N2CCCCC2)o1. The van der Waals surface area contributed by atoms with E-state index in [4.69, 9.17) is 4.42 Å². The van der Waals surface area contributed by atoms with Crippen molar-refractivity contribution in [2.24, 2.45) is 0 Å². The third-order valence-electron chi connectivity index (χ3n) is 3.85. The number of benzene rings is 1. The maximum absolute atomic E-state index is 5.61. The largest absolute Gasteiger partial charge is 0.465 e. The molecule has 1 aliphatic rings. The summed E-state index contributed by atoms with van der Waals surface area (Å²) in [5.41, 5.74) is 2.51. The van der Waals surface area contributed by atoms with Gasteiger partial charge in [0.05, 0.1) is 17.9 Å². The fourth-order valence-corrected chi connectivity index (χ4v) is 2.80. The minimum absolute atomic E-state index is 0.735. The lowest BCUT2D eigenvalue weighted by Gasteiger charge is -2.30. The molecule has 1 N–H and O–H groups in total. The maximum atomic E-state index is 5.61. The molecule has 106 valence electrons. The number of para-hydroxylation sites is 2. The summed E-state index contributed by atoms with van der Waals surface area (Å²) in [5, 5.41) is 3.50. The topological polar surface area (TPSA) is 28.4 Å². The highest BCUT2D eigenvalue weighted by Gasteiger charge is 2.14. The van der Waals surface area contributed by atoms with E-state index in [9.17, 15) is 0 Å². The zero-order valence-electron chi connectivity index (χ0n) is 12.1. The molecular weight excluding hydrogens is 248 g/mol. The number of aryl methyl sites for hydroxylation is 1. The molecular formula is C17H22N2O. The molecule has 1 aromatic heterocycles. The van der Waals surface area contributed by atoms with Crippen LogP contribution in [0.1, 0.15) is 30.8 Å². The van der Waals surface area contributed by atoms with Crippen molar-refractivity contribution in [2.45, 2.75) is 32.7 Å². The van der Waals surface area contributed by atoms with Crippen molar-refractivity contribution in [1.82, 2.24) is 0 Å². The first-order valence-corrected chi connectivity index (χ1v) is 7.46. The molecule has 0 bridgehead atoms. The Kier molecular flexibility index (Phi) is 3.95. The van der Waals surface area contributed by atoms with Gasteiger partial charge in [-0.25, -0.2) is 0 Å². The van der Waals surface area contributed by atoms with Crippen LogP contribution in [0.15, 0.2) is 40.8 Å². The summed E-state index contributed by atoms with van der Waals surface area (Å²) in [6.45, 7) is 5.04. The van der Waals surface area contributed by atoms with Crippen LogP contribution < -0.4 is 10.2 Å². The van der Waals surface area contributed by atoms with E-state index in [1.165, 1.54) is 43.7 Å². The molecule has 1 aromatic carbocycles. The van der Waals surface area contributed by atoms with Crippen LogP contribution in [0, 0.1) is 6.92 Å². The number of nitrogens with one attached hydrogen (secondary N) is 1. The molecule has 2 aromatic rings. The second-order valence-electron chi connectivity index (χ2n) is 5.43. The van der Waals surface area contributed by atoms with Crippen molar-refractivity contribution < 1.29 is 4.42 Å². The highest BCUT2D eigenvalue weighted by Crippen LogP contribution is 2.28. The highest BCUT2D eigenvalue weighted by atomic mass is 16.3. The van der Waals surface area contributed by atoms with Gasteiger partial charge >= 0.3 is 0 Å². The molecule has 0 radical (unpaired) electrons. The molecule has 2 heterocycles. The third kappa shape index (κ3) is 2.98. The first kappa shape index (κ1) is 13.1. The van der Waals surface area contributed by atoms with Gasteiger partial charge in [-0.3, -0.25) is 0 Å². The monoisotopic (exact) mass is 270 g/mol. The van der Waals surface area contributed by atoms with Gasteiger partial charge in [-0.1, -0.05) is 12.1 Å². The molecule has 20 heavy (non-hydrogen) atoms. The summed E-state index contributed by atoms with van der Waals surface area (Å²) in [5.74, 6) is 1.95. The minimum atomic E-state index is 0.735. The first-order chi connectivity index (χ1) is 9.83. The van der Waals surface area contributed by atoms with Crippen molar-refractivity contribution >= 4 is 11.4 Å². The number of piperidine rings is 1. The van der Waals surface area contributed by atoms with Crippen LogP contribution in [0.25, 0.3) is 0 Å². The predicted octanol–water partition coefficient (Wildman–Crippen LogP) is 4.19. The Morgan fingerprint density at radius 3 is 2.60 bits per heavy atom. The lowest BCUT2D eigenvalue weighted by molar-refractivity contribution is 0.490. The van der Waals surface area contributed by atoms with Gasteiger partial charge in [-0.05, 0) is 50.5 Å². The molecule has 1 fully saturated rings. The van der Waals surface area contributed by atoms with Crippen LogP contribution in [-0.4, -0.2) is 13.1 Å². The van der Waals surface area contributed by atoms with Crippen molar-refractivity contribution in [3.8, 4) is 0 Å². The summed E-state index contributed by atoms with van der Waals surface area (Å²) in [7, 11) is 0. The van der Waals surface area contributed by atoms with E-state index in [1.807, 2.05) is 19.1 Å². The van der Waals surface area contributed by atoms with Gasteiger partial charge in [0.15, 0.2) is 0 Å². The standard InChI is InChI=1S/C17H22N2O/c1-14-9-10-15(20-14)13-18-16-7-3-4-8-17(16)19-11-5-2-6-12-19/h3-4,7-10,18H,2,5-6,11-13H2,1H3. The second kappa shape index (κ2) is 6.04.